The summed E-state index contributed by atoms with van der Waals surface area (Å²) < 4.78 is 25.3. The van der Waals surface area contributed by atoms with E-state index in [0.29, 0.717) is 43.9 Å². The van der Waals surface area contributed by atoms with Crippen LogP contribution in [-0.4, -0.2) is 105 Å². The van der Waals surface area contributed by atoms with E-state index in [0.717, 1.165) is 24.6 Å². The van der Waals surface area contributed by atoms with Gasteiger partial charge in [-0.1, -0.05) is 12.1 Å². The van der Waals surface area contributed by atoms with E-state index in [1.165, 1.54) is 0 Å². The number of rotatable bonds is 12. The van der Waals surface area contributed by atoms with E-state index in [-0.39, 0.29) is 25.9 Å². The van der Waals surface area contributed by atoms with Gasteiger partial charge in [-0.25, -0.2) is 19.2 Å². The van der Waals surface area contributed by atoms with Crippen molar-refractivity contribution in [3.05, 3.63) is 47.5 Å². The SMILES string of the molecule is CC(O)CCO.CCO[Si](CCCN)(OCC)OCC.O=C1C=CC(=O)O1.O=C1OC(=O)c2ccccc21.OCCO. The van der Waals surface area contributed by atoms with Crippen molar-refractivity contribution in [1.29, 1.82) is 0 Å². The highest BCUT2D eigenvalue weighted by Crippen LogP contribution is 2.18. The molecule has 0 fully saturated rings. The maximum Gasteiger partial charge on any atom is 0.500 e. The fourth-order valence-corrected chi connectivity index (χ4v) is 5.48. The Bertz CT molecular complexity index is 872. The minimum absolute atomic E-state index is 0.0810. The number of cyclic esters (lactones) is 4. The Labute approximate surface area is 247 Å². The van der Waals surface area contributed by atoms with Gasteiger partial charge in [0.05, 0.1) is 30.4 Å². The second-order valence-corrected chi connectivity index (χ2v) is 10.7. The van der Waals surface area contributed by atoms with E-state index < -0.39 is 32.7 Å². The van der Waals surface area contributed by atoms with Crippen LogP contribution in [0.2, 0.25) is 6.04 Å². The maximum atomic E-state index is 10.8. The van der Waals surface area contributed by atoms with E-state index >= 15 is 0 Å². The molecule has 2 aliphatic heterocycles. The van der Waals surface area contributed by atoms with Crippen LogP contribution in [-0.2, 0) is 32.3 Å². The number of aliphatic hydroxyl groups excluding tert-OH is 4. The van der Waals surface area contributed by atoms with Crippen molar-refractivity contribution in [2.24, 2.45) is 5.73 Å². The summed E-state index contributed by atoms with van der Waals surface area (Å²) in [4.78, 5) is 41.5. The predicted octanol–water partition coefficient (Wildman–Crippen LogP) is 0.727. The van der Waals surface area contributed by atoms with E-state index in [9.17, 15) is 19.2 Å². The van der Waals surface area contributed by atoms with Crippen LogP contribution < -0.4 is 5.73 Å². The van der Waals surface area contributed by atoms with Gasteiger partial charge in [0.1, 0.15) is 0 Å². The molecule has 1 aromatic carbocycles. The third-order valence-electron chi connectivity index (χ3n) is 4.54. The summed E-state index contributed by atoms with van der Waals surface area (Å²) in [5, 5.41) is 31.7. The molecule has 14 nitrogen and oxygen atoms in total. The third kappa shape index (κ3) is 19.3. The Balaban J connectivity index is 0. The van der Waals surface area contributed by atoms with Crippen LogP contribution in [0.5, 0.6) is 0 Å². The number of hydrogen-bond acceptors (Lipinski definition) is 14. The van der Waals surface area contributed by atoms with Gasteiger partial charge >= 0.3 is 32.7 Å². The Morgan fingerprint density at radius 2 is 1.21 bits per heavy atom. The monoisotopic (exact) mass is 619 g/mol. The first-order valence-electron chi connectivity index (χ1n) is 13.4. The van der Waals surface area contributed by atoms with Crippen LogP contribution in [0.25, 0.3) is 0 Å². The standard InChI is InChI=1S/C9H23NO3Si.C8H4O3.C4H2O3.C4H10O2.C2H6O2/c1-4-11-14(12-5-2,13-6-3)9-7-8-10;9-7-5-3-1-2-4-6(5)8(10)11-7;5-3-1-2-4(6)7-3;1-4(6)2-3-5;3-1-2-4/h4-10H2,1-3H3;1-4H;1-2H;4-6H,2-3H2,1H3;3-4H,1-2H2. The van der Waals surface area contributed by atoms with Gasteiger partial charge in [-0.3, -0.25) is 0 Å². The van der Waals surface area contributed by atoms with Gasteiger partial charge in [0.2, 0.25) is 0 Å². The van der Waals surface area contributed by atoms with Crippen molar-refractivity contribution >= 4 is 32.7 Å². The van der Waals surface area contributed by atoms with E-state index in [1.807, 2.05) is 20.8 Å². The lowest BCUT2D eigenvalue weighted by Crippen LogP contribution is -2.46. The van der Waals surface area contributed by atoms with Crippen molar-refractivity contribution in [1.82, 2.24) is 0 Å². The predicted molar refractivity (Wildman–Crippen MR) is 153 cm³/mol. The number of benzene rings is 1. The zero-order valence-electron chi connectivity index (χ0n) is 24.7. The molecule has 1 atom stereocenters. The van der Waals surface area contributed by atoms with Crippen molar-refractivity contribution < 1.29 is 62.4 Å². The summed E-state index contributed by atoms with van der Waals surface area (Å²) in [5.74, 6) is -2.26. The van der Waals surface area contributed by atoms with Gasteiger partial charge in [0.25, 0.3) is 0 Å². The molecule has 0 amide bonds. The Hall–Kier alpha value is -2.86. The van der Waals surface area contributed by atoms with Crippen LogP contribution in [0.15, 0.2) is 36.4 Å². The summed E-state index contributed by atoms with van der Waals surface area (Å²) in [6.07, 6.45) is 3.20. The molecule has 240 valence electrons. The molecule has 0 radical (unpaired) electrons. The molecule has 2 heterocycles. The quantitative estimate of drug-likeness (QED) is 0.124. The van der Waals surface area contributed by atoms with E-state index in [4.69, 9.17) is 39.4 Å². The van der Waals surface area contributed by atoms with E-state index in [2.05, 4.69) is 9.47 Å². The average molecular weight is 620 g/mol. The number of aliphatic hydroxyl groups is 4. The maximum absolute atomic E-state index is 10.8. The van der Waals surface area contributed by atoms with Gasteiger partial charge in [0, 0.05) is 44.6 Å². The van der Waals surface area contributed by atoms with Crippen molar-refractivity contribution in [2.75, 3.05) is 46.2 Å². The van der Waals surface area contributed by atoms with E-state index in [1.54, 1.807) is 31.2 Å². The number of fused-ring (bicyclic) bond motifs is 1. The molecule has 0 aromatic heterocycles. The van der Waals surface area contributed by atoms with Crippen LogP contribution in [0, 0.1) is 0 Å². The lowest BCUT2D eigenvalue weighted by molar-refractivity contribution is -0.150. The van der Waals surface area contributed by atoms with Gasteiger partial charge in [0.15, 0.2) is 0 Å². The van der Waals surface area contributed by atoms with Crippen LogP contribution >= 0.6 is 0 Å². The van der Waals surface area contributed by atoms with Gasteiger partial charge < -0.3 is 48.9 Å². The molecule has 15 heteroatoms. The fourth-order valence-electron chi connectivity index (χ4n) is 2.84. The zero-order chi connectivity index (χ0) is 32.4. The number of carbonyl (C=O) groups excluding carboxylic acids is 4. The van der Waals surface area contributed by atoms with Crippen LogP contribution in [0.1, 0.15) is 61.3 Å². The summed E-state index contributed by atoms with van der Waals surface area (Å²) >= 11 is 0. The molecule has 1 aromatic rings. The molecule has 0 saturated carbocycles. The van der Waals surface area contributed by atoms with Gasteiger partial charge in [-0.15, -0.1) is 0 Å². The summed E-state index contributed by atoms with van der Waals surface area (Å²) in [6.45, 7) is 9.92. The molecule has 2 aliphatic rings. The van der Waals surface area contributed by atoms with Crippen molar-refractivity contribution in [2.45, 2.75) is 52.7 Å². The summed E-state index contributed by atoms with van der Waals surface area (Å²) in [5.41, 5.74) is 6.20. The minimum Gasteiger partial charge on any atom is -0.396 e. The molecule has 0 saturated heterocycles. The fraction of sp³-hybridized carbons (Fsp3) is 0.556. The average Bonchev–Trinajstić information content (AvgIpc) is 3.48. The molecule has 0 aliphatic carbocycles. The first-order chi connectivity index (χ1) is 20.0. The van der Waals surface area contributed by atoms with Crippen molar-refractivity contribution in [3.63, 3.8) is 0 Å². The molecular formula is C27H45NO13Si. The molecule has 0 bridgehead atoms. The lowest BCUT2D eigenvalue weighted by Gasteiger charge is -2.28. The Morgan fingerprint density at radius 1 is 0.786 bits per heavy atom. The van der Waals surface area contributed by atoms with Gasteiger partial charge in [-0.05, 0) is 59.2 Å². The first kappa shape index (κ1) is 41.3. The zero-order valence-corrected chi connectivity index (χ0v) is 25.7. The number of hydrogen-bond donors (Lipinski definition) is 5. The second-order valence-electron chi connectivity index (χ2n) is 7.98. The minimum atomic E-state index is -2.40. The first-order valence-corrected chi connectivity index (χ1v) is 15.4. The van der Waals surface area contributed by atoms with Crippen LogP contribution in [0.4, 0.5) is 0 Å². The normalized spacial score (nSPS) is 13.5. The topological polar surface area (TPSA) is 221 Å². The lowest BCUT2D eigenvalue weighted by atomic mass is 10.1. The Morgan fingerprint density at radius 3 is 1.45 bits per heavy atom. The highest BCUT2D eigenvalue weighted by molar-refractivity contribution is 6.60. The smallest absolute Gasteiger partial charge is 0.396 e. The molecule has 6 N–H and O–H groups in total. The highest BCUT2D eigenvalue weighted by Gasteiger charge is 2.39. The third-order valence-corrected chi connectivity index (χ3v) is 7.69. The summed E-state index contributed by atoms with van der Waals surface area (Å²) in [7, 11) is -2.40. The number of carbonyl (C=O) groups is 4. The molecule has 3 rings (SSSR count). The second kappa shape index (κ2) is 25.8. The van der Waals surface area contributed by atoms with Gasteiger partial charge in [-0.2, -0.15) is 0 Å². The number of ether oxygens (including phenoxy) is 2. The molecule has 0 spiro atoms. The van der Waals surface area contributed by atoms with Crippen LogP contribution in [0.3, 0.4) is 0 Å². The number of nitrogens with two attached hydrogens (primary N) is 1. The highest BCUT2D eigenvalue weighted by atomic mass is 28.4. The number of esters is 4. The largest absolute Gasteiger partial charge is 0.500 e. The Kier molecular flexibility index (Phi) is 25.4. The molecule has 42 heavy (non-hydrogen) atoms. The van der Waals surface area contributed by atoms with Crippen molar-refractivity contribution in [3.8, 4) is 0 Å². The molecular weight excluding hydrogens is 574 g/mol. The summed E-state index contributed by atoms with van der Waals surface area (Å²) in [6, 6.07) is 7.35. The molecule has 1 unspecified atom stereocenters.